The molecule has 0 aliphatic heterocycles. The first kappa shape index (κ1) is 73.7. The molecule has 0 saturated heterocycles. The highest BCUT2D eigenvalue weighted by Gasteiger charge is 2.34. The molecule has 8 aromatic heterocycles. The number of aromatic nitrogens is 10. The number of carbonyl (C=O) groups excluding carboxylic acids is 2. The maximum absolute atomic E-state index is 14.7. The molecule has 2 aliphatic rings. The Labute approximate surface area is 608 Å². The first-order valence-corrected chi connectivity index (χ1v) is 35.0. The van der Waals surface area contributed by atoms with Crippen LogP contribution in [0.1, 0.15) is 84.4 Å². The molecule has 107 heavy (non-hydrogen) atoms. The van der Waals surface area contributed by atoms with Crippen molar-refractivity contribution in [1.29, 1.82) is 0 Å². The van der Waals surface area contributed by atoms with Crippen LogP contribution in [0.3, 0.4) is 0 Å². The van der Waals surface area contributed by atoms with Gasteiger partial charge in [-0.05, 0) is 190 Å². The lowest BCUT2D eigenvalue weighted by Crippen LogP contribution is -2.48. The molecule has 2 saturated carbocycles. The summed E-state index contributed by atoms with van der Waals surface area (Å²) in [6.07, 6.45) is 10.8. The smallest absolute Gasteiger partial charge is 0.337 e. The molecular weight excluding hydrogens is 1390 g/mol. The molecule has 8 heterocycles. The quantitative estimate of drug-likeness (QED) is 0.0660. The fourth-order valence-corrected chi connectivity index (χ4v) is 13.9. The third kappa shape index (κ3) is 16.2. The van der Waals surface area contributed by atoms with E-state index in [4.69, 9.17) is 9.47 Å². The number of imidazole rings is 2. The van der Waals surface area contributed by atoms with Crippen LogP contribution in [-0.2, 0) is 0 Å². The number of halogens is 6. The Balaban J connectivity index is 0.000000190. The molecule has 0 atom stereocenters. The molecule has 554 valence electrons. The zero-order valence-corrected chi connectivity index (χ0v) is 59.5. The summed E-state index contributed by atoms with van der Waals surface area (Å²) >= 11 is 0. The summed E-state index contributed by atoms with van der Waals surface area (Å²) in [5.41, 5.74) is 1.79. The summed E-state index contributed by atoms with van der Waals surface area (Å²) in [6, 6.07) is 28.5. The van der Waals surface area contributed by atoms with E-state index >= 15 is 0 Å². The summed E-state index contributed by atoms with van der Waals surface area (Å²) in [7, 11) is 11.4. The van der Waals surface area contributed by atoms with Gasteiger partial charge in [-0.15, -0.1) is 0 Å². The predicted octanol–water partition coefficient (Wildman–Crippen LogP) is 10.5. The molecule has 14 rings (SSSR count). The monoisotopic (exact) mass is 1470 g/mol. The number of hydrogen-bond acceptors (Lipinski definition) is 15. The van der Waals surface area contributed by atoms with Crippen molar-refractivity contribution >= 4 is 45.2 Å². The number of hydrogen-bond donors (Lipinski definition) is 1. The Kier molecular flexibility index (Phi) is 21.8. The van der Waals surface area contributed by atoms with Gasteiger partial charge in [0.25, 0.3) is 22.9 Å². The van der Waals surface area contributed by atoms with Gasteiger partial charge in [0.15, 0.2) is 11.3 Å². The van der Waals surface area contributed by atoms with Gasteiger partial charge in [0, 0.05) is 98.4 Å². The molecule has 12 aromatic rings. The fourth-order valence-electron chi connectivity index (χ4n) is 13.9. The minimum atomic E-state index is -0.725. The average Bonchev–Trinajstić information content (AvgIpc) is 0.957. The molecule has 29 heteroatoms. The SMILES string of the molecule is CN(C)CCOc1cc(F)ccc1-c1cccc(-n2c(=O)n(C3CCC(N(CCN(C)C)C(=O)c4cn5cc(F)ccc5n4)CC3)c(=O)c3cc(F)cnc32)c1.CN(C)CCOc1cc(F)ccc1-c1cccc(-n2c(=O)n(C3CCC(NC(=O)c4cn5cc(F)ccc5n4)CC3)c(=O)c3cc(F)cnc32)c1. The third-order valence-corrected chi connectivity index (χ3v) is 19.3. The van der Waals surface area contributed by atoms with Crippen LogP contribution in [0.15, 0.2) is 178 Å². The minimum absolute atomic E-state index is 0.00200. The maximum atomic E-state index is 14.7. The number of carbonyl (C=O) groups is 2. The van der Waals surface area contributed by atoms with Crippen LogP contribution in [0.25, 0.3) is 67.0 Å². The third-order valence-electron chi connectivity index (χ3n) is 19.3. The van der Waals surface area contributed by atoms with Crippen molar-refractivity contribution in [2.75, 3.05) is 81.7 Å². The summed E-state index contributed by atoms with van der Waals surface area (Å²) in [6.45, 7) is 2.85. The van der Waals surface area contributed by atoms with Crippen molar-refractivity contribution in [3.8, 4) is 45.1 Å². The zero-order chi connectivity index (χ0) is 75.5. The van der Waals surface area contributed by atoms with Crippen LogP contribution >= 0.6 is 0 Å². The van der Waals surface area contributed by atoms with Gasteiger partial charge in [-0.2, -0.15) is 0 Å². The summed E-state index contributed by atoms with van der Waals surface area (Å²) in [5, 5.41) is 2.84. The van der Waals surface area contributed by atoms with Crippen LogP contribution in [0.4, 0.5) is 26.3 Å². The largest absolute Gasteiger partial charge is 0.492 e. The number of pyridine rings is 4. The van der Waals surface area contributed by atoms with Crippen molar-refractivity contribution in [1.82, 2.24) is 71.9 Å². The molecule has 0 bridgehead atoms. The molecule has 23 nitrogen and oxygen atoms in total. The van der Waals surface area contributed by atoms with Crippen LogP contribution in [0, 0.1) is 34.9 Å². The number of likely N-dealkylation sites (N-methyl/N-ethyl adjacent to an activating group) is 3. The highest BCUT2D eigenvalue weighted by atomic mass is 19.1. The van der Waals surface area contributed by atoms with E-state index < -0.39 is 75.4 Å². The molecule has 1 N–H and O–H groups in total. The van der Waals surface area contributed by atoms with Crippen LogP contribution in [0.2, 0.25) is 0 Å². The van der Waals surface area contributed by atoms with Gasteiger partial charge in [-0.3, -0.25) is 28.3 Å². The molecule has 2 aliphatic carbocycles. The van der Waals surface area contributed by atoms with Crippen molar-refractivity contribution in [2.45, 2.75) is 75.5 Å². The van der Waals surface area contributed by atoms with Gasteiger partial charge in [0.05, 0.1) is 34.5 Å². The Morgan fingerprint density at radius 2 is 0.916 bits per heavy atom. The number of nitrogens with one attached hydrogen (secondary N) is 1. The second-order valence-corrected chi connectivity index (χ2v) is 27.5. The summed E-state index contributed by atoms with van der Waals surface area (Å²) in [5.74, 6) is -3.33. The van der Waals surface area contributed by atoms with Crippen LogP contribution in [0.5, 0.6) is 11.5 Å². The summed E-state index contributed by atoms with van der Waals surface area (Å²) in [4.78, 5) is 108. The number of amides is 2. The molecule has 2 amide bonds. The minimum Gasteiger partial charge on any atom is -0.492 e. The lowest BCUT2D eigenvalue weighted by Gasteiger charge is -2.37. The van der Waals surface area contributed by atoms with E-state index in [0.29, 0.717) is 147 Å². The number of fused-ring (bicyclic) bond motifs is 4. The highest BCUT2D eigenvalue weighted by molar-refractivity contribution is 5.94. The van der Waals surface area contributed by atoms with Gasteiger partial charge in [0.1, 0.15) is 82.3 Å². The second kappa shape index (κ2) is 31.6. The molecule has 4 aromatic carbocycles. The van der Waals surface area contributed by atoms with E-state index in [-0.39, 0.29) is 51.4 Å². The standard InChI is InChI=1S/C41H43F3N8O4.C37H34F3N7O4/c1-47(2)16-17-50(40(54)35-25-49-24-28(43)9-15-37(49)46-35)30-10-12-31(13-11-30)52-39(53)34-21-29(44)23-45-38(34)51(41(52)55)32-7-5-6-26(20-32)33-14-8-27(42)22-36(33)56-19-18-48(3)4;1-44(2)14-15-51-32-18-23(38)6-12-29(32)22-4-3-5-28(16-22)46-34-30(17-25(40)19-41-34)36(49)47(37(46)50)27-10-8-26(9-11-27)42-35(48)31-21-45-20-24(39)7-13-33(45)43-31/h5-9,14-15,20-25,30-31H,10-13,16-19H2,1-4H3;3-7,12-13,16-21,26-27H,8-11,14-15H2,1-2H3,(H,42,48). The lowest BCUT2D eigenvalue weighted by atomic mass is 9.89. The molecule has 0 unspecified atom stereocenters. The van der Waals surface area contributed by atoms with E-state index in [1.165, 1.54) is 95.8 Å². The Morgan fingerprint density at radius 3 is 1.38 bits per heavy atom. The van der Waals surface area contributed by atoms with E-state index in [2.05, 4.69) is 25.3 Å². The maximum Gasteiger partial charge on any atom is 0.337 e. The number of benzene rings is 4. The fraction of sp³-hybridized carbons (Fsp3) is 0.308. The van der Waals surface area contributed by atoms with E-state index in [9.17, 15) is 55.1 Å². The van der Waals surface area contributed by atoms with Crippen molar-refractivity contribution in [3.63, 3.8) is 0 Å². The topological polar surface area (TPSA) is 226 Å². The zero-order valence-electron chi connectivity index (χ0n) is 59.5. The number of rotatable bonds is 21. The molecular formula is C78H77F6N15O8. The van der Waals surface area contributed by atoms with Crippen molar-refractivity contribution < 1.29 is 45.4 Å². The van der Waals surface area contributed by atoms with Crippen molar-refractivity contribution in [3.05, 3.63) is 246 Å². The first-order chi connectivity index (χ1) is 51.4. The van der Waals surface area contributed by atoms with Gasteiger partial charge < -0.3 is 43.2 Å². The average molecular weight is 1470 g/mol. The van der Waals surface area contributed by atoms with Gasteiger partial charge in [0.2, 0.25) is 0 Å². The van der Waals surface area contributed by atoms with Gasteiger partial charge in [-0.25, -0.2) is 65.0 Å². The molecule has 0 spiro atoms. The Bertz CT molecular complexity index is 5600. The molecule has 0 radical (unpaired) electrons. The van der Waals surface area contributed by atoms with E-state index in [0.717, 1.165) is 29.1 Å². The van der Waals surface area contributed by atoms with Crippen LogP contribution in [-0.4, -0.2) is 172 Å². The second-order valence-electron chi connectivity index (χ2n) is 27.5. The van der Waals surface area contributed by atoms with E-state index in [1.54, 1.807) is 65.6 Å². The number of ether oxygens (including phenoxy) is 2. The molecule has 2 fully saturated rings. The van der Waals surface area contributed by atoms with Crippen LogP contribution < -0.4 is 37.3 Å². The predicted molar refractivity (Wildman–Crippen MR) is 392 cm³/mol. The van der Waals surface area contributed by atoms with Gasteiger partial charge in [-0.1, -0.05) is 24.3 Å². The summed E-state index contributed by atoms with van der Waals surface area (Å²) < 4.78 is 105. The van der Waals surface area contributed by atoms with Gasteiger partial charge >= 0.3 is 11.4 Å². The Morgan fingerprint density at radius 1 is 0.477 bits per heavy atom. The normalized spacial score (nSPS) is 16.1. The number of nitrogens with zero attached hydrogens (tertiary/aromatic N) is 14. The lowest BCUT2D eigenvalue weighted by molar-refractivity contribution is 0.0588. The first-order valence-electron chi connectivity index (χ1n) is 35.0. The Hall–Kier alpha value is -11.6. The highest BCUT2D eigenvalue weighted by Crippen LogP contribution is 2.36. The van der Waals surface area contributed by atoms with Crippen molar-refractivity contribution in [2.24, 2.45) is 0 Å². The van der Waals surface area contributed by atoms with E-state index in [1.807, 2.05) is 57.0 Å².